The molecule has 0 saturated carbocycles. The van der Waals surface area contributed by atoms with Crippen LogP contribution in [0.2, 0.25) is 0 Å². The summed E-state index contributed by atoms with van der Waals surface area (Å²) in [4.78, 5) is 16.3. The maximum Gasteiger partial charge on any atom is 0.234 e. The molecule has 3 nitrogen and oxygen atoms in total. The Hall–Kier alpha value is -2.46. The van der Waals surface area contributed by atoms with Gasteiger partial charge in [0, 0.05) is 17.2 Å². The summed E-state index contributed by atoms with van der Waals surface area (Å²) in [5.41, 5.74) is 2.08. The first-order valence-corrected chi connectivity index (χ1v) is 9.77. The van der Waals surface area contributed by atoms with Crippen LogP contribution in [-0.4, -0.2) is 25.3 Å². The molecule has 3 aromatic carbocycles. The second-order valence-electron chi connectivity index (χ2n) is 6.50. The number of anilines is 1. The van der Waals surface area contributed by atoms with E-state index in [-0.39, 0.29) is 11.8 Å². The van der Waals surface area contributed by atoms with Crippen LogP contribution in [0.4, 0.5) is 5.69 Å². The number of thioether (sulfide) groups is 1. The van der Waals surface area contributed by atoms with Gasteiger partial charge in [-0.2, -0.15) is 0 Å². The molecule has 1 amide bonds. The first-order valence-electron chi connectivity index (χ1n) is 8.78. The van der Waals surface area contributed by atoms with Gasteiger partial charge in [-0.05, 0) is 47.5 Å². The Morgan fingerprint density at radius 2 is 1.85 bits per heavy atom. The molecule has 0 aliphatic carbocycles. The number of amides is 1. The number of methoxy groups -OCH3 is 1. The van der Waals surface area contributed by atoms with Gasteiger partial charge in [-0.15, -0.1) is 11.8 Å². The predicted octanol–water partition coefficient (Wildman–Crippen LogP) is 5.09. The highest BCUT2D eigenvalue weighted by Gasteiger charge is 2.27. The smallest absolute Gasteiger partial charge is 0.234 e. The average Bonchev–Trinajstić information content (AvgIpc) is 2.71. The van der Waals surface area contributed by atoms with Gasteiger partial charge in [0.15, 0.2) is 0 Å². The van der Waals surface area contributed by atoms with Crippen molar-refractivity contribution < 1.29 is 9.53 Å². The number of ether oxygens (including phenoxy) is 1. The van der Waals surface area contributed by atoms with Crippen molar-refractivity contribution in [1.82, 2.24) is 0 Å². The van der Waals surface area contributed by atoms with E-state index < -0.39 is 0 Å². The molecule has 0 radical (unpaired) electrons. The Balaban J connectivity index is 1.64. The van der Waals surface area contributed by atoms with Crippen LogP contribution in [0.3, 0.4) is 0 Å². The topological polar surface area (TPSA) is 29.5 Å². The van der Waals surface area contributed by atoms with Gasteiger partial charge in [0.25, 0.3) is 0 Å². The fourth-order valence-corrected chi connectivity index (χ4v) is 4.41. The number of hydrogen-bond acceptors (Lipinski definition) is 3. The fraction of sp³-hybridized carbons (Fsp3) is 0.227. The molecule has 0 bridgehead atoms. The lowest BCUT2D eigenvalue weighted by molar-refractivity contribution is -0.119. The molecule has 3 aromatic rings. The summed E-state index contributed by atoms with van der Waals surface area (Å²) in [6, 6.07) is 20.4. The van der Waals surface area contributed by atoms with Crippen molar-refractivity contribution >= 4 is 34.1 Å². The minimum atomic E-state index is -0.183. The number of carbonyl (C=O) groups is 1. The minimum Gasteiger partial charge on any atom is -0.497 e. The lowest BCUT2D eigenvalue weighted by Crippen LogP contribution is -2.38. The average molecular weight is 363 g/mol. The van der Waals surface area contributed by atoms with E-state index in [1.165, 1.54) is 4.90 Å². The van der Waals surface area contributed by atoms with E-state index in [1.807, 2.05) is 60.0 Å². The molecule has 0 aromatic heterocycles. The summed E-state index contributed by atoms with van der Waals surface area (Å²) >= 11 is 1.82. The van der Waals surface area contributed by atoms with E-state index in [0.29, 0.717) is 0 Å². The third-order valence-electron chi connectivity index (χ3n) is 4.94. The quantitative estimate of drug-likeness (QED) is 0.649. The molecule has 0 unspecified atom stereocenters. The molecule has 1 heterocycles. The Kier molecular flexibility index (Phi) is 4.60. The largest absolute Gasteiger partial charge is 0.497 e. The van der Waals surface area contributed by atoms with E-state index in [4.69, 9.17) is 4.74 Å². The number of para-hydroxylation sites is 1. The van der Waals surface area contributed by atoms with Gasteiger partial charge < -0.3 is 9.64 Å². The summed E-state index contributed by atoms with van der Waals surface area (Å²) in [5.74, 6) is 1.76. The van der Waals surface area contributed by atoms with Gasteiger partial charge >= 0.3 is 0 Å². The molecule has 1 aliphatic rings. The summed E-state index contributed by atoms with van der Waals surface area (Å²) in [7, 11) is 1.67. The zero-order valence-corrected chi connectivity index (χ0v) is 15.8. The van der Waals surface area contributed by atoms with Gasteiger partial charge in [-0.1, -0.05) is 36.4 Å². The van der Waals surface area contributed by atoms with Gasteiger partial charge in [0.2, 0.25) is 5.91 Å². The van der Waals surface area contributed by atoms with Crippen molar-refractivity contribution in [2.45, 2.75) is 17.7 Å². The normalized spacial score (nSPS) is 14.8. The molecule has 0 saturated heterocycles. The lowest BCUT2D eigenvalue weighted by Gasteiger charge is -2.31. The molecule has 0 N–H and O–H groups in total. The third-order valence-corrected chi connectivity index (χ3v) is 5.98. The van der Waals surface area contributed by atoms with E-state index >= 15 is 0 Å². The maximum absolute atomic E-state index is 13.2. The van der Waals surface area contributed by atoms with Crippen molar-refractivity contribution in [2.24, 2.45) is 0 Å². The summed E-state index contributed by atoms with van der Waals surface area (Å²) in [5, 5.41) is 2.24. The van der Waals surface area contributed by atoms with E-state index in [2.05, 4.69) is 24.3 Å². The summed E-state index contributed by atoms with van der Waals surface area (Å²) in [6.07, 6.45) is 0. The SMILES string of the molecule is COc1ccc2cc([C@H](C)C(=O)N3CCSc4ccccc43)ccc2c1. The van der Waals surface area contributed by atoms with E-state index in [1.54, 1.807) is 7.11 Å². The number of carbonyl (C=O) groups excluding carboxylic acids is 1. The van der Waals surface area contributed by atoms with Crippen molar-refractivity contribution in [2.75, 3.05) is 24.3 Å². The first-order chi connectivity index (χ1) is 12.7. The van der Waals surface area contributed by atoms with Crippen molar-refractivity contribution in [3.05, 3.63) is 66.2 Å². The summed E-state index contributed by atoms with van der Waals surface area (Å²) < 4.78 is 5.29. The molecule has 26 heavy (non-hydrogen) atoms. The second-order valence-corrected chi connectivity index (χ2v) is 7.64. The van der Waals surface area contributed by atoms with Crippen LogP contribution in [0, 0.1) is 0 Å². The zero-order valence-electron chi connectivity index (χ0n) is 14.9. The van der Waals surface area contributed by atoms with Crippen LogP contribution in [0.5, 0.6) is 5.75 Å². The Morgan fingerprint density at radius 3 is 2.69 bits per heavy atom. The number of fused-ring (bicyclic) bond motifs is 2. The second kappa shape index (κ2) is 7.04. The Morgan fingerprint density at radius 1 is 1.08 bits per heavy atom. The summed E-state index contributed by atoms with van der Waals surface area (Å²) in [6.45, 7) is 2.76. The molecule has 0 fully saturated rings. The molecular weight excluding hydrogens is 342 g/mol. The van der Waals surface area contributed by atoms with Crippen LogP contribution in [0.25, 0.3) is 10.8 Å². The molecule has 4 heteroatoms. The number of hydrogen-bond donors (Lipinski definition) is 0. The third kappa shape index (κ3) is 3.06. The van der Waals surface area contributed by atoms with Crippen LogP contribution < -0.4 is 9.64 Å². The minimum absolute atomic E-state index is 0.158. The van der Waals surface area contributed by atoms with Gasteiger partial charge in [-0.3, -0.25) is 4.79 Å². The Bertz CT molecular complexity index is 969. The monoisotopic (exact) mass is 363 g/mol. The number of rotatable bonds is 3. The van der Waals surface area contributed by atoms with Crippen LogP contribution in [0.1, 0.15) is 18.4 Å². The van der Waals surface area contributed by atoms with E-state index in [9.17, 15) is 4.79 Å². The van der Waals surface area contributed by atoms with Gasteiger partial charge in [-0.25, -0.2) is 0 Å². The van der Waals surface area contributed by atoms with E-state index in [0.717, 1.165) is 40.1 Å². The number of nitrogens with zero attached hydrogens (tertiary/aromatic N) is 1. The Labute approximate surface area is 158 Å². The first kappa shape index (κ1) is 17.0. The molecule has 1 atom stereocenters. The van der Waals surface area contributed by atoms with Gasteiger partial charge in [0.1, 0.15) is 5.75 Å². The standard InChI is InChI=1S/C22H21NO2S/c1-15(16-7-8-18-14-19(25-2)10-9-17(18)13-16)22(24)23-11-12-26-21-6-4-3-5-20(21)23/h3-10,13-15H,11-12H2,1-2H3/t15-/m0/s1. The molecule has 1 aliphatic heterocycles. The molecular formula is C22H21NO2S. The lowest BCUT2D eigenvalue weighted by atomic mass is 9.96. The van der Waals surface area contributed by atoms with Crippen LogP contribution in [-0.2, 0) is 4.79 Å². The highest BCUT2D eigenvalue weighted by atomic mass is 32.2. The highest BCUT2D eigenvalue weighted by molar-refractivity contribution is 7.99. The van der Waals surface area contributed by atoms with Crippen LogP contribution >= 0.6 is 11.8 Å². The van der Waals surface area contributed by atoms with Crippen LogP contribution in [0.15, 0.2) is 65.6 Å². The molecule has 0 spiro atoms. The van der Waals surface area contributed by atoms with Crippen molar-refractivity contribution in [1.29, 1.82) is 0 Å². The molecule has 132 valence electrons. The number of benzene rings is 3. The predicted molar refractivity (Wildman–Crippen MR) is 108 cm³/mol. The fourth-order valence-electron chi connectivity index (χ4n) is 3.41. The zero-order chi connectivity index (χ0) is 18.1. The van der Waals surface area contributed by atoms with Crippen molar-refractivity contribution in [3.8, 4) is 5.75 Å². The maximum atomic E-state index is 13.2. The van der Waals surface area contributed by atoms with Gasteiger partial charge in [0.05, 0.1) is 18.7 Å². The highest BCUT2D eigenvalue weighted by Crippen LogP contribution is 2.36. The molecule has 4 rings (SSSR count). The van der Waals surface area contributed by atoms with Crippen molar-refractivity contribution in [3.63, 3.8) is 0 Å².